The van der Waals surface area contributed by atoms with E-state index in [4.69, 9.17) is 11.6 Å². The lowest BCUT2D eigenvalue weighted by atomic mass is 9.98. The summed E-state index contributed by atoms with van der Waals surface area (Å²) < 4.78 is 0. The standard InChI is InChI=1S/C21H16ClNO/c22-17-12-10-16(11-13-17)20-18-8-4-5-9-19(18)21(24)23(20)14-15-6-2-1-3-7-15/h1-13,20H,14H2. The second-order valence-corrected chi connectivity index (χ2v) is 6.40. The predicted molar refractivity (Wildman–Crippen MR) is 96.1 cm³/mol. The van der Waals surface area contributed by atoms with Gasteiger partial charge in [0.05, 0.1) is 6.04 Å². The summed E-state index contributed by atoms with van der Waals surface area (Å²) >= 11 is 6.03. The maximum atomic E-state index is 13.0. The normalized spacial score (nSPS) is 16.3. The number of benzene rings is 3. The molecule has 1 unspecified atom stereocenters. The molecule has 1 heterocycles. The summed E-state index contributed by atoms with van der Waals surface area (Å²) in [7, 11) is 0. The van der Waals surface area contributed by atoms with Crippen molar-refractivity contribution in [2.24, 2.45) is 0 Å². The Balaban J connectivity index is 1.79. The van der Waals surface area contributed by atoms with Gasteiger partial charge in [-0.2, -0.15) is 0 Å². The minimum Gasteiger partial charge on any atom is -0.323 e. The van der Waals surface area contributed by atoms with Gasteiger partial charge in [-0.25, -0.2) is 0 Å². The Morgan fingerprint density at radius 1 is 0.833 bits per heavy atom. The molecule has 1 amide bonds. The number of carbonyl (C=O) groups excluding carboxylic acids is 1. The molecule has 3 heteroatoms. The van der Waals surface area contributed by atoms with E-state index in [0.29, 0.717) is 11.6 Å². The maximum Gasteiger partial charge on any atom is 0.255 e. The summed E-state index contributed by atoms with van der Waals surface area (Å²) in [5.41, 5.74) is 4.04. The largest absolute Gasteiger partial charge is 0.323 e. The highest BCUT2D eigenvalue weighted by atomic mass is 35.5. The topological polar surface area (TPSA) is 20.3 Å². The number of nitrogens with zero attached hydrogens (tertiary/aromatic N) is 1. The molecule has 0 spiro atoms. The van der Waals surface area contributed by atoms with Crippen LogP contribution in [0.5, 0.6) is 0 Å². The molecule has 0 saturated carbocycles. The van der Waals surface area contributed by atoms with Crippen molar-refractivity contribution >= 4 is 17.5 Å². The van der Waals surface area contributed by atoms with Crippen LogP contribution in [0.3, 0.4) is 0 Å². The molecule has 3 aromatic rings. The minimum atomic E-state index is -0.0776. The lowest BCUT2D eigenvalue weighted by Gasteiger charge is -2.26. The summed E-state index contributed by atoms with van der Waals surface area (Å²) in [5.74, 6) is 0.0782. The zero-order valence-electron chi connectivity index (χ0n) is 13.0. The average Bonchev–Trinajstić information content (AvgIpc) is 2.89. The van der Waals surface area contributed by atoms with E-state index in [9.17, 15) is 4.79 Å². The van der Waals surface area contributed by atoms with E-state index in [1.54, 1.807) is 0 Å². The van der Waals surface area contributed by atoms with Crippen LogP contribution in [0.1, 0.15) is 33.1 Å². The molecule has 0 radical (unpaired) electrons. The van der Waals surface area contributed by atoms with E-state index < -0.39 is 0 Å². The molecule has 3 aromatic carbocycles. The SMILES string of the molecule is O=C1c2ccccc2C(c2ccc(Cl)cc2)N1Cc1ccccc1. The van der Waals surface area contributed by atoms with Gasteiger partial charge in [0.25, 0.3) is 5.91 Å². The van der Waals surface area contributed by atoms with Gasteiger partial charge in [-0.05, 0) is 34.9 Å². The van der Waals surface area contributed by atoms with Crippen LogP contribution < -0.4 is 0 Å². The third kappa shape index (κ3) is 2.59. The first-order valence-electron chi connectivity index (χ1n) is 7.93. The lowest BCUT2D eigenvalue weighted by molar-refractivity contribution is 0.0736. The zero-order chi connectivity index (χ0) is 16.5. The molecule has 118 valence electrons. The van der Waals surface area contributed by atoms with Gasteiger partial charge in [-0.3, -0.25) is 4.79 Å². The molecule has 0 aromatic heterocycles. The highest BCUT2D eigenvalue weighted by molar-refractivity contribution is 6.30. The third-order valence-electron chi connectivity index (χ3n) is 4.44. The average molecular weight is 334 g/mol. The van der Waals surface area contributed by atoms with Gasteiger partial charge in [0.15, 0.2) is 0 Å². The molecule has 1 atom stereocenters. The number of hydrogen-bond donors (Lipinski definition) is 0. The molecular formula is C21H16ClNO. The number of fused-ring (bicyclic) bond motifs is 1. The fourth-order valence-corrected chi connectivity index (χ4v) is 3.44. The molecule has 0 bridgehead atoms. The first kappa shape index (κ1) is 15.0. The monoisotopic (exact) mass is 333 g/mol. The number of carbonyl (C=O) groups is 1. The smallest absolute Gasteiger partial charge is 0.255 e. The Bertz CT molecular complexity index is 874. The predicted octanol–water partition coefficient (Wildman–Crippen LogP) is 5.09. The van der Waals surface area contributed by atoms with Gasteiger partial charge < -0.3 is 4.90 Å². The fraction of sp³-hybridized carbons (Fsp3) is 0.0952. The molecule has 4 rings (SSSR count). The summed E-state index contributed by atoms with van der Waals surface area (Å²) in [6, 6.07) is 25.6. The van der Waals surface area contributed by atoms with E-state index in [1.807, 2.05) is 71.6 Å². The van der Waals surface area contributed by atoms with E-state index in [2.05, 4.69) is 12.1 Å². The third-order valence-corrected chi connectivity index (χ3v) is 4.69. The van der Waals surface area contributed by atoms with E-state index in [0.717, 1.165) is 22.3 Å². The Kier molecular flexibility index (Phi) is 3.83. The lowest BCUT2D eigenvalue weighted by Crippen LogP contribution is -2.28. The molecule has 1 aliphatic heterocycles. The van der Waals surface area contributed by atoms with Gasteiger partial charge in [0.1, 0.15) is 0 Å². The molecule has 2 nitrogen and oxygen atoms in total. The van der Waals surface area contributed by atoms with Gasteiger partial charge in [-0.15, -0.1) is 0 Å². The van der Waals surface area contributed by atoms with E-state index >= 15 is 0 Å². The van der Waals surface area contributed by atoms with Gasteiger partial charge >= 0.3 is 0 Å². The van der Waals surface area contributed by atoms with Crippen molar-refractivity contribution in [3.63, 3.8) is 0 Å². The van der Waals surface area contributed by atoms with Crippen LogP contribution in [-0.4, -0.2) is 10.8 Å². The van der Waals surface area contributed by atoms with Crippen LogP contribution in [-0.2, 0) is 6.54 Å². The molecule has 0 N–H and O–H groups in total. The Morgan fingerprint density at radius 3 is 2.25 bits per heavy atom. The summed E-state index contributed by atoms with van der Waals surface area (Å²) in [4.78, 5) is 14.9. The van der Waals surface area contributed by atoms with Crippen LogP contribution in [0.2, 0.25) is 5.02 Å². The van der Waals surface area contributed by atoms with Crippen molar-refractivity contribution < 1.29 is 4.79 Å². The van der Waals surface area contributed by atoms with Crippen molar-refractivity contribution in [1.82, 2.24) is 4.90 Å². The quantitative estimate of drug-likeness (QED) is 0.654. The maximum absolute atomic E-state index is 13.0. The van der Waals surface area contributed by atoms with Crippen molar-refractivity contribution in [3.8, 4) is 0 Å². The van der Waals surface area contributed by atoms with Crippen LogP contribution in [0, 0.1) is 0 Å². The first-order valence-corrected chi connectivity index (χ1v) is 8.31. The van der Waals surface area contributed by atoms with Crippen molar-refractivity contribution in [3.05, 3.63) is 106 Å². The van der Waals surface area contributed by atoms with Gasteiger partial charge in [-0.1, -0.05) is 72.3 Å². The van der Waals surface area contributed by atoms with Crippen LogP contribution in [0.15, 0.2) is 78.9 Å². The number of rotatable bonds is 3. The molecular weight excluding hydrogens is 318 g/mol. The van der Waals surface area contributed by atoms with E-state index in [-0.39, 0.29) is 11.9 Å². The minimum absolute atomic E-state index is 0.0776. The fourth-order valence-electron chi connectivity index (χ4n) is 3.32. The first-order chi connectivity index (χ1) is 11.7. The van der Waals surface area contributed by atoms with Crippen LogP contribution >= 0.6 is 11.6 Å². The second kappa shape index (κ2) is 6.14. The van der Waals surface area contributed by atoms with Gasteiger partial charge in [0.2, 0.25) is 0 Å². The van der Waals surface area contributed by atoms with Gasteiger partial charge in [0, 0.05) is 17.1 Å². The van der Waals surface area contributed by atoms with Crippen molar-refractivity contribution in [2.75, 3.05) is 0 Å². The number of hydrogen-bond acceptors (Lipinski definition) is 1. The van der Waals surface area contributed by atoms with Crippen LogP contribution in [0.25, 0.3) is 0 Å². The summed E-state index contributed by atoms with van der Waals surface area (Å²) in [6.45, 7) is 0.585. The highest BCUT2D eigenvalue weighted by Crippen LogP contribution is 2.39. The molecule has 0 saturated heterocycles. The number of halogens is 1. The summed E-state index contributed by atoms with van der Waals surface area (Å²) in [5, 5.41) is 0.700. The van der Waals surface area contributed by atoms with Crippen molar-refractivity contribution in [2.45, 2.75) is 12.6 Å². The van der Waals surface area contributed by atoms with Crippen LogP contribution in [0.4, 0.5) is 0 Å². The molecule has 0 fully saturated rings. The van der Waals surface area contributed by atoms with Crippen molar-refractivity contribution in [1.29, 1.82) is 0 Å². The molecule has 0 aliphatic carbocycles. The molecule has 24 heavy (non-hydrogen) atoms. The summed E-state index contributed by atoms with van der Waals surface area (Å²) in [6.07, 6.45) is 0. The highest BCUT2D eigenvalue weighted by Gasteiger charge is 2.37. The Hall–Kier alpha value is -2.58. The Morgan fingerprint density at radius 2 is 1.50 bits per heavy atom. The Labute approximate surface area is 146 Å². The zero-order valence-corrected chi connectivity index (χ0v) is 13.8. The number of amides is 1. The molecule has 1 aliphatic rings. The van der Waals surface area contributed by atoms with E-state index in [1.165, 1.54) is 0 Å². The second-order valence-electron chi connectivity index (χ2n) is 5.96.